The molecule has 0 amide bonds. The summed E-state index contributed by atoms with van der Waals surface area (Å²) in [6, 6.07) is 4.78. The first-order chi connectivity index (χ1) is 8.19. The monoisotopic (exact) mass is 256 g/mol. The zero-order valence-corrected chi connectivity index (χ0v) is 10.8. The van der Waals surface area contributed by atoms with Crippen LogP contribution < -0.4 is 9.47 Å². The number of carboxylic acids is 1. The summed E-state index contributed by atoms with van der Waals surface area (Å²) in [4.78, 5) is 11.0. The third-order valence-corrected chi connectivity index (χ3v) is 2.86. The molecule has 0 radical (unpaired) electrons. The number of methoxy groups -OCH3 is 1. The number of aromatic carboxylic acids is 1. The fourth-order valence-corrected chi connectivity index (χ4v) is 1.72. The Balaban J connectivity index is 2.73. The van der Waals surface area contributed by atoms with Crippen molar-refractivity contribution in [1.82, 2.24) is 0 Å². The number of benzene rings is 1. The van der Waals surface area contributed by atoms with E-state index in [2.05, 4.69) is 0 Å². The summed E-state index contributed by atoms with van der Waals surface area (Å²) in [7, 11) is 1.50. The molecule has 0 aliphatic rings. The molecule has 0 bridgehead atoms. The minimum absolute atomic E-state index is 0.133. The largest absolute Gasteiger partial charge is 0.497 e. The van der Waals surface area contributed by atoms with Crippen molar-refractivity contribution in [2.45, 2.75) is 6.42 Å². The summed E-state index contributed by atoms with van der Waals surface area (Å²) in [6.07, 6.45) is 2.92. The molecular formula is C12H16O4S. The molecule has 0 spiro atoms. The van der Waals surface area contributed by atoms with E-state index in [-0.39, 0.29) is 5.56 Å². The van der Waals surface area contributed by atoms with Crippen molar-refractivity contribution < 1.29 is 19.4 Å². The van der Waals surface area contributed by atoms with E-state index in [0.717, 1.165) is 12.2 Å². The predicted octanol–water partition coefficient (Wildman–Crippen LogP) is 2.53. The van der Waals surface area contributed by atoms with Gasteiger partial charge in [-0.1, -0.05) is 0 Å². The summed E-state index contributed by atoms with van der Waals surface area (Å²) < 4.78 is 10.4. The third-order valence-electron chi connectivity index (χ3n) is 2.17. The zero-order valence-electron chi connectivity index (χ0n) is 9.93. The van der Waals surface area contributed by atoms with E-state index in [0.29, 0.717) is 18.1 Å². The smallest absolute Gasteiger partial charge is 0.339 e. The average molecular weight is 256 g/mol. The number of carboxylic acid groups (broad SMARTS) is 1. The van der Waals surface area contributed by atoms with E-state index in [1.807, 2.05) is 6.26 Å². The summed E-state index contributed by atoms with van der Waals surface area (Å²) >= 11 is 1.74. The fourth-order valence-electron chi connectivity index (χ4n) is 1.31. The lowest BCUT2D eigenvalue weighted by atomic mass is 10.2. The zero-order chi connectivity index (χ0) is 12.7. The number of thioether (sulfide) groups is 1. The van der Waals surface area contributed by atoms with E-state index in [4.69, 9.17) is 14.6 Å². The highest BCUT2D eigenvalue weighted by Gasteiger charge is 2.12. The normalized spacial score (nSPS) is 10.0. The Morgan fingerprint density at radius 3 is 2.82 bits per heavy atom. The van der Waals surface area contributed by atoms with Gasteiger partial charge in [-0.2, -0.15) is 11.8 Å². The Morgan fingerprint density at radius 1 is 1.47 bits per heavy atom. The van der Waals surface area contributed by atoms with Crippen LogP contribution in [0.25, 0.3) is 0 Å². The van der Waals surface area contributed by atoms with Crippen LogP contribution in [-0.4, -0.2) is 36.8 Å². The Kier molecular flexibility index (Phi) is 5.69. The van der Waals surface area contributed by atoms with Gasteiger partial charge in [0.15, 0.2) is 0 Å². The highest BCUT2D eigenvalue weighted by atomic mass is 32.2. The van der Waals surface area contributed by atoms with Gasteiger partial charge in [-0.25, -0.2) is 4.79 Å². The van der Waals surface area contributed by atoms with Crippen LogP contribution in [0.15, 0.2) is 18.2 Å². The lowest BCUT2D eigenvalue weighted by Crippen LogP contribution is -2.05. The molecule has 0 saturated heterocycles. The van der Waals surface area contributed by atoms with Crippen molar-refractivity contribution in [3.63, 3.8) is 0 Å². The van der Waals surface area contributed by atoms with Gasteiger partial charge < -0.3 is 14.6 Å². The van der Waals surface area contributed by atoms with Gasteiger partial charge in [-0.15, -0.1) is 0 Å². The molecule has 0 unspecified atom stereocenters. The van der Waals surface area contributed by atoms with Crippen LogP contribution in [0.3, 0.4) is 0 Å². The second-order valence-corrected chi connectivity index (χ2v) is 4.35. The minimum atomic E-state index is -1.01. The van der Waals surface area contributed by atoms with Crippen molar-refractivity contribution in [1.29, 1.82) is 0 Å². The Hall–Kier alpha value is -1.36. The molecule has 1 aromatic rings. The predicted molar refractivity (Wildman–Crippen MR) is 68.4 cm³/mol. The van der Waals surface area contributed by atoms with Gasteiger partial charge in [0.25, 0.3) is 0 Å². The molecule has 17 heavy (non-hydrogen) atoms. The van der Waals surface area contributed by atoms with Crippen LogP contribution in [0.1, 0.15) is 16.8 Å². The first-order valence-corrected chi connectivity index (χ1v) is 6.61. The summed E-state index contributed by atoms with van der Waals surface area (Å²) in [6.45, 7) is 0.521. The van der Waals surface area contributed by atoms with Gasteiger partial charge in [0.05, 0.1) is 13.7 Å². The number of hydrogen-bond donors (Lipinski definition) is 1. The van der Waals surface area contributed by atoms with Crippen molar-refractivity contribution in [3.8, 4) is 11.5 Å². The lowest BCUT2D eigenvalue weighted by Gasteiger charge is -2.10. The van der Waals surface area contributed by atoms with Gasteiger partial charge >= 0.3 is 5.97 Å². The van der Waals surface area contributed by atoms with Crippen LogP contribution in [0.4, 0.5) is 0 Å². The molecule has 4 nitrogen and oxygen atoms in total. The first-order valence-electron chi connectivity index (χ1n) is 5.22. The molecular weight excluding hydrogens is 240 g/mol. The molecule has 0 aliphatic heterocycles. The second-order valence-electron chi connectivity index (χ2n) is 3.36. The number of ether oxygens (including phenoxy) is 2. The van der Waals surface area contributed by atoms with Gasteiger partial charge in [0.2, 0.25) is 0 Å². The van der Waals surface area contributed by atoms with Crippen LogP contribution >= 0.6 is 11.8 Å². The molecule has 0 aliphatic carbocycles. The maximum absolute atomic E-state index is 11.0. The minimum Gasteiger partial charge on any atom is -0.497 e. The summed E-state index contributed by atoms with van der Waals surface area (Å²) in [5, 5.41) is 9.05. The third kappa shape index (κ3) is 4.19. The fraction of sp³-hybridized carbons (Fsp3) is 0.417. The van der Waals surface area contributed by atoms with Crippen LogP contribution in [0.5, 0.6) is 11.5 Å². The lowest BCUT2D eigenvalue weighted by molar-refractivity contribution is 0.0692. The van der Waals surface area contributed by atoms with Crippen LogP contribution in [-0.2, 0) is 0 Å². The second kappa shape index (κ2) is 7.06. The molecule has 94 valence electrons. The Morgan fingerprint density at radius 2 is 2.24 bits per heavy atom. The number of hydrogen-bond acceptors (Lipinski definition) is 4. The molecule has 5 heteroatoms. The van der Waals surface area contributed by atoms with Crippen molar-refractivity contribution in [3.05, 3.63) is 23.8 Å². The van der Waals surface area contributed by atoms with E-state index in [1.54, 1.807) is 23.9 Å². The maximum atomic E-state index is 11.0. The van der Waals surface area contributed by atoms with E-state index >= 15 is 0 Å². The first kappa shape index (κ1) is 13.7. The molecule has 0 saturated carbocycles. The molecule has 1 rings (SSSR count). The highest BCUT2D eigenvalue weighted by molar-refractivity contribution is 7.98. The quantitative estimate of drug-likeness (QED) is 0.760. The molecule has 0 atom stereocenters. The van der Waals surface area contributed by atoms with E-state index in [9.17, 15) is 4.79 Å². The standard InChI is InChI=1S/C12H16O4S/c1-15-9-4-5-11(10(8-9)12(13)14)16-6-3-7-17-2/h4-5,8H,3,6-7H2,1-2H3,(H,13,14). The van der Waals surface area contributed by atoms with Gasteiger partial charge in [-0.3, -0.25) is 0 Å². The molecule has 0 fully saturated rings. The molecule has 0 aromatic heterocycles. The van der Waals surface area contributed by atoms with Gasteiger partial charge in [0.1, 0.15) is 17.1 Å². The summed E-state index contributed by atoms with van der Waals surface area (Å²) in [5.41, 5.74) is 0.133. The van der Waals surface area contributed by atoms with Crippen molar-refractivity contribution in [2.75, 3.05) is 25.7 Å². The SMILES string of the molecule is COc1ccc(OCCCSC)c(C(=O)O)c1. The van der Waals surface area contributed by atoms with E-state index in [1.165, 1.54) is 13.2 Å². The Labute approximate surface area is 105 Å². The van der Waals surface area contributed by atoms with Crippen LogP contribution in [0, 0.1) is 0 Å². The highest BCUT2D eigenvalue weighted by Crippen LogP contribution is 2.24. The number of rotatable bonds is 7. The van der Waals surface area contributed by atoms with Crippen molar-refractivity contribution in [2.24, 2.45) is 0 Å². The summed E-state index contributed by atoms with van der Waals surface area (Å²) in [5.74, 6) is 0.889. The number of carbonyl (C=O) groups is 1. The molecule has 0 heterocycles. The van der Waals surface area contributed by atoms with E-state index < -0.39 is 5.97 Å². The topological polar surface area (TPSA) is 55.8 Å². The molecule has 1 N–H and O–H groups in total. The Bertz CT molecular complexity index is 379. The van der Waals surface area contributed by atoms with Gasteiger partial charge in [0, 0.05) is 0 Å². The van der Waals surface area contributed by atoms with Crippen molar-refractivity contribution >= 4 is 17.7 Å². The maximum Gasteiger partial charge on any atom is 0.339 e. The molecule has 1 aromatic carbocycles. The van der Waals surface area contributed by atoms with Crippen LogP contribution in [0.2, 0.25) is 0 Å². The van der Waals surface area contributed by atoms with Gasteiger partial charge in [-0.05, 0) is 36.6 Å². The average Bonchev–Trinajstić information content (AvgIpc) is 2.34.